The highest BCUT2D eigenvalue weighted by Gasteiger charge is 2.39. The lowest BCUT2D eigenvalue weighted by Crippen LogP contribution is -2.42. The molecule has 8 heteroatoms. The largest absolute Gasteiger partial charge is 0.497 e. The van der Waals surface area contributed by atoms with E-state index in [9.17, 15) is 8.42 Å². The van der Waals surface area contributed by atoms with Gasteiger partial charge in [-0.1, -0.05) is 23.7 Å². The van der Waals surface area contributed by atoms with Gasteiger partial charge in [-0.2, -0.15) is 4.31 Å². The number of aromatic nitrogens is 1. The number of benzene rings is 2. The minimum absolute atomic E-state index is 0.0912. The summed E-state index contributed by atoms with van der Waals surface area (Å²) in [6.45, 7) is 0.856. The Balaban J connectivity index is 1.93. The fraction of sp³-hybridized carbons (Fsp3) is 0.238. The van der Waals surface area contributed by atoms with Gasteiger partial charge in [0.15, 0.2) is 0 Å². The molecule has 1 atom stereocenters. The summed E-state index contributed by atoms with van der Waals surface area (Å²) in [6.07, 6.45) is 1.95. The molecule has 0 N–H and O–H groups in total. The molecule has 1 unspecified atom stereocenters. The topological polar surface area (TPSA) is 60.8 Å². The van der Waals surface area contributed by atoms with E-state index in [1.807, 2.05) is 24.4 Å². The van der Waals surface area contributed by atoms with Crippen LogP contribution in [0.15, 0.2) is 65.7 Å². The molecule has 0 amide bonds. The molecule has 152 valence electrons. The molecule has 29 heavy (non-hydrogen) atoms. The van der Waals surface area contributed by atoms with E-state index in [0.717, 1.165) is 5.69 Å². The van der Waals surface area contributed by atoms with Gasteiger partial charge in [0, 0.05) is 30.5 Å². The lowest BCUT2D eigenvalue weighted by Gasteiger charge is -2.37. The molecule has 3 aromatic rings. The van der Waals surface area contributed by atoms with E-state index >= 15 is 0 Å². The molecule has 0 saturated carbocycles. The molecular formula is C21H21ClN2O4S. The monoisotopic (exact) mass is 432 g/mol. The minimum Gasteiger partial charge on any atom is -0.497 e. The van der Waals surface area contributed by atoms with Crippen molar-refractivity contribution in [3.63, 3.8) is 0 Å². The number of halogens is 1. The quantitative estimate of drug-likeness (QED) is 0.612. The van der Waals surface area contributed by atoms with Gasteiger partial charge in [0.2, 0.25) is 10.0 Å². The zero-order chi connectivity index (χ0) is 20.6. The highest BCUT2D eigenvalue weighted by Crippen LogP contribution is 2.42. The summed E-state index contributed by atoms with van der Waals surface area (Å²) in [4.78, 5) is 0.0912. The van der Waals surface area contributed by atoms with Crippen LogP contribution >= 0.6 is 11.6 Å². The van der Waals surface area contributed by atoms with Gasteiger partial charge in [0.1, 0.15) is 16.4 Å². The van der Waals surface area contributed by atoms with Crippen molar-refractivity contribution in [1.29, 1.82) is 0 Å². The van der Waals surface area contributed by atoms with Gasteiger partial charge in [-0.15, -0.1) is 0 Å². The molecule has 0 saturated heterocycles. The Bertz CT molecular complexity index is 1140. The summed E-state index contributed by atoms with van der Waals surface area (Å²) in [5.41, 5.74) is 1.57. The first-order valence-corrected chi connectivity index (χ1v) is 10.9. The molecule has 0 fully saturated rings. The van der Waals surface area contributed by atoms with E-state index in [1.54, 1.807) is 44.6 Å². The average Bonchev–Trinajstić information content (AvgIpc) is 3.21. The summed E-state index contributed by atoms with van der Waals surface area (Å²) in [7, 11) is -0.717. The van der Waals surface area contributed by atoms with Gasteiger partial charge in [-0.25, -0.2) is 8.42 Å². The van der Waals surface area contributed by atoms with Crippen molar-refractivity contribution in [2.24, 2.45) is 0 Å². The van der Waals surface area contributed by atoms with Crippen molar-refractivity contribution in [2.75, 3.05) is 20.8 Å². The van der Waals surface area contributed by atoms with Crippen LogP contribution in [0.25, 0.3) is 0 Å². The van der Waals surface area contributed by atoms with E-state index < -0.39 is 16.1 Å². The summed E-state index contributed by atoms with van der Waals surface area (Å²) in [5, 5.41) is 0.199. The number of fused-ring (bicyclic) bond motifs is 1. The second-order valence-corrected chi connectivity index (χ2v) is 8.95. The number of hydrogen-bond acceptors (Lipinski definition) is 4. The fourth-order valence-electron chi connectivity index (χ4n) is 3.77. The summed E-state index contributed by atoms with van der Waals surface area (Å²) >= 11 is 6.25. The zero-order valence-corrected chi connectivity index (χ0v) is 17.7. The SMILES string of the molecule is COc1ccc(OC)c(C2c3cccn3CCN2S(=O)(=O)c2ccccc2Cl)c1. The van der Waals surface area contributed by atoms with E-state index in [-0.39, 0.29) is 9.92 Å². The first-order valence-electron chi connectivity index (χ1n) is 9.10. The molecule has 1 aromatic heterocycles. The van der Waals surface area contributed by atoms with E-state index in [1.165, 1.54) is 10.4 Å². The highest BCUT2D eigenvalue weighted by atomic mass is 35.5. The smallest absolute Gasteiger partial charge is 0.245 e. The maximum atomic E-state index is 13.6. The summed E-state index contributed by atoms with van der Waals surface area (Å²) in [6, 6.07) is 15.2. The van der Waals surface area contributed by atoms with Crippen LogP contribution in [0.4, 0.5) is 0 Å². The average molecular weight is 433 g/mol. The van der Waals surface area contributed by atoms with Crippen LogP contribution in [0.3, 0.4) is 0 Å². The van der Waals surface area contributed by atoms with Crippen molar-refractivity contribution in [3.05, 3.63) is 77.1 Å². The maximum Gasteiger partial charge on any atom is 0.245 e. The molecule has 6 nitrogen and oxygen atoms in total. The third kappa shape index (κ3) is 3.39. The Hall–Kier alpha value is -2.48. The molecule has 0 radical (unpaired) electrons. The fourth-order valence-corrected chi connectivity index (χ4v) is 5.84. The predicted molar refractivity (Wildman–Crippen MR) is 111 cm³/mol. The first kappa shape index (κ1) is 19.8. The van der Waals surface area contributed by atoms with Gasteiger partial charge < -0.3 is 14.0 Å². The number of hydrogen-bond donors (Lipinski definition) is 0. The second kappa shape index (κ2) is 7.74. The van der Waals surface area contributed by atoms with Crippen molar-refractivity contribution in [1.82, 2.24) is 8.87 Å². The van der Waals surface area contributed by atoms with Crippen LogP contribution in [-0.2, 0) is 16.6 Å². The number of ether oxygens (including phenoxy) is 2. The van der Waals surface area contributed by atoms with E-state index in [0.29, 0.717) is 30.2 Å². The third-order valence-electron chi connectivity index (χ3n) is 5.15. The number of nitrogens with zero attached hydrogens (tertiary/aromatic N) is 2. The van der Waals surface area contributed by atoms with Gasteiger partial charge in [0.25, 0.3) is 0 Å². The van der Waals surface area contributed by atoms with Crippen LogP contribution in [0.1, 0.15) is 17.3 Å². The molecule has 1 aliphatic heterocycles. The molecule has 2 heterocycles. The number of methoxy groups -OCH3 is 2. The molecule has 0 spiro atoms. The minimum atomic E-state index is -3.86. The van der Waals surface area contributed by atoms with E-state index in [2.05, 4.69) is 4.57 Å². The van der Waals surface area contributed by atoms with Crippen molar-refractivity contribution in [2.45, 2.75) is 17.5 Å². The van der Waals surface area contributed by atoms with Crippen LogP contribution in [0.5, 0.6) is 11.5 Å². The first-order chi connectivity index (χ1) is 14.0. The predicted octanol–water partition coefficient (Wildman–Crippen LogP) is 3.95. The molecule has 1 aliphatic rings. The van der Waals surface area contributed by atoms with Gasteiger partial charge in [-0.05, 0) is 42.5 Å². The van der Waals surface area contributed by atoms with Gasteiger partial charge in [0.05, 0.1) is 25.3 Å². The Kier molecular flexibility index (Phi) is 5.29. The van der Waals surface area contributed by atoms with Gasteiger partial charge >= 0.3 is 0 Å². The third-order valence-corrected chi connectivity index (χ3v) is 7.51. The molecule has 4 rings (SSSR count). The Labute approximate surface area is 175 Å². The molecular weight excluding hydrogens is 412 g/mol. The van der Waals surface area contributed by atoms with Crippen LogP contribution < -0.4 is 9.47 Å². The van der Waals surface area contributed by atoms with Crippen molar-refractivity contribution in [3.8, 4) is 11.5 Å². The van der Waals surface area contributed by atoms with Gasteiger partial charge in [-0.3, -0.25) is 0 Å². The summed E-state index contributed by atoms with van der Waals surface area (Å²) in [5.74, 6) is 1.21. The number of sulfonamides is 1. The standard InChI is InChI=1S/C21H21ClN2O4S/c1-27-15-9-10-19(28-2)16(14-15)21-18-7-5-11-23(18)12-13-24(21)29(25,26)20-8-4-3-6-17(20)22/h3-11,14,21H,12-13H2,1-2H3. The maximum absolute atomic E-state index is 13.6. The lowest BCUT2D eigenvalue weighted by atomic mass is 10.0. The number of rotatable bonds is 5. The van der Waals surface area contributed by atoms with Crippen molar-refractivity contribution >= 4 is 21.6 Å². The molecule has 0 aliphatic carbocycles. The van der Waals surface area contributed by atoms with Crippen LogP contribution in [0, 0.1) is 0 Å². The Morgan fingerprint density at radius 2 is 1.79 bits per heavy atom. The van der Waals surface area contributed by atoms with Crippen LogP contribution in [-0.4, -0.2) is 38.1 Å². The molecule has 2 aromatic carbocycles. The van der Waals surface area contributed by atoms with Crippen molar-refractivity contribution < 1.29 is 17.9 Å². The van der Waals surface area contributed by atoms with Crippen LogP contribution in [0.2, 0.25) is 5.02 Å². The zero-order valence-electron chi connectivity index (χ0n) is 16.1. The highest BCUT2D eigenvalue weighted by molar-refractivity contribution is 7.89. The second-order valence-electron chi connectivity index (χ2n) is 6.68. The normalized spacial score (nSPS) is 17.0. The summed E-state index contributed by atoms with van der Waals surface area (Å²) < 4.78 is 41.8. The Morgan fingerprint density at radius 1 is 1.00 bits per heavy atom. The lowest BCUT2D eigenvalue weighted by molar-refractivity contribution is 0.289. The van der Waals surface area contributed by atoms with E-state index in [4.69, 9.17) is 21.1 Å². The Morgan fingerprint density at radius 3 is 2.52 bits per heavy atom. The molecule has 0 bridgehead atoms.